The molecule has 0 unspecified atom stereocenters. The molecule has 2 rings (SSSR count). The quantitative estimate of drug-likeness (QED) is 0.912. The molecule has 0 aliphatic heterocycles. The van der Waals surface area contributed by atoms with Crippen LogP contribution < -0.4 is 5.32 Å². The molecular formula is C11H11ClFN3O. The molecule has 2 heterocycles. The Labute approximate surface area is 103 Å². The van der Waals surface area contributed by atoms with Gasteiger partial charge in [0.05, 0.1) is 17.8 Å². The smallest absolute Gasteiger partial charge is 0.213 e. The summed E-state index contributed by atoms with van der Waals surface area (Å²) < 4.78 is 18.7. The summed E-state index contributed by atoms with van der Waals surface area (Å²) in [5, 5.41) is 3.05. The van der Waals surface area contributed by atoms with Crippen LogP contribution in [0, 0.1) is 5.82 Å². The Hall–Kier alpha value is -1.62. The lowest BCUT2D eigenvalue weighted by Crippen LogP contribution is -2.03. The summed E-state index contributed by atoms with van der Waals surface area (Å²) in [5.74, 6) is 0.926. The van der Waals surface area contributed by atoms with Crippen LogP contribution in [-0.2, 0) is 13.0 Å². The lowest BCUT2D eigenvalue weighted by Gasteiger charge is -2.03. The maximum atomic E-state index is 13.4. The van der Waals surface area contributed by atoms with Gasteiger partial charge >= 0.3 is 0 Å². The Bertz CT molecular complexity index is 515. The zero-order valence-electron chi connectivity index (χ0n) is 9.20. The molecule has 17 heavy (non-hydrogen) atoms. The number of nitrogens with zero attached hydrogens (tertiary/aromatic N) is 2. The number of hydrogen-bond acceptors (Lipinski definition) is 4. The van der Waals surface area contributed by atoms with Gasteiger partial charge in [0.25, 0.3) is 0 Å². The van der Waals surface area contributed by atoms with E-state index in [0.717, 1.165) is 12.2 Å². The number of halogens is 2. The number of nitrogens with one attached hydrogen (secondary N) is 1. The molecule has 0 spiro atoms. The SMILES string of the molecule is CCc1cnc(CNc2ncc(Cl)cc2F)o1. The van der Waals surface area contributed by atoms with Crippen molar-refractivity contribution < 1.29 is 8.81 Å². The van der Waals surface area contributed by atoms with Gasteiger partial charge in [0.2, 0.25) is 5.89 Å². The van der Waals surface area contributed by atoms with Gasteiger partial charge in [0, 0.05) is 12.6 Å². The van der Waals surface area contributed by atoms with Crippen LogP contribution in [0.25, 0.3) is 0 Å². The summed E-state index contributed by atoms with van der Waals surface area (Å²) >= 11 is 5.60. The molecular weight excluding hydrogens is 245 g/mol. The van der Waals surface area contributed by atoms with Gasteiger partial charge in [0.15, 0.2) is 11.6 Å². The van der Waals surface area contributed by atoms with E-state index in [1.54, 1.807) is 6.20 Å². The van der Waals surface area contributed by atoms with Gasteiger partial charge in [-0.1, -0.05) is 18.5 Å². The molecule has 0 amide bonds. The summed E-state index contributed by atoms with van der Waals surface area (Å²) in [6, 6.07) is 1.20. The standard InChI is InChI=1S/C11H11ClFN3O/c1-2-8-5-14-10(17-8)6-16-11-9(13)3-7(12)4-15-11/h3-5H,2,6H2,1H3,(H,15,16). The van der Waals surface area contributed by atoms with E-state index in [0.29, 0.717) is 5.89 Å². The number of hydrogen-bond donors (Lipinski definition) is 1. The molecule has 0 atom stereocenters. The van der Waals surface area contributed by atoms with E-state index in [1.165, 1.54) is 12.3 Å². The average molecular weight is 256 g/mol. The molecule has 0 bridgehead atoms. The van der Waals surface area contributed by atoms with E-state index in [2.05, 4.69) is 15.3 Å². The van der Waals surface area contributed by atoms with Crippen LogP contribution >= 0.6 is 11.6 Å². The third-order valence-corrected chi connectivity index (χ3v) is 2.37. The highest BCUT2D eigenvalue weighted by Gasteiger charge is 2.06. The summed E-state index contributed by atoms with van der Waals surface area (Å²) in [6.07, 6.45) is 3.81. The summed E-state index contributed by atoms with van der Waals surface area (Å²) in [6.45, 7) is 2.25. The molecule has 2 aromatic rings. The van der Waals surface area contributed by atoms with Crippen LogP contribution in [-0.4, -0.2) is 9.97 Å². The number of oxazole rings is 1. The van der Waals surface area contributed by atoms with Gasteiger partial charge < -0.3 is 9.73 Å². The van der Waals surface area contributed by atoms with Crippen molar-refractivity contribution in [3.8, 4) is 0 Å². The van der Waals surface area contributed by atoms with Crippen LogP contribution in [0.2, 0.25) is 5.02 Å². The van der Waals surface area contributed by atoms with E-state index >= 15 is 0 Å². The molecule has 0 radical (unpaired) electrons. The van der Waals surface area contributed by atoms with Gasteiger partial charge in [-0.15, -0.1) is 0 Å². The fourth-order valence-corrected chi connectivity index (χ4v) is 1.44. The predicted octanol–water partition coefficient (Wildman–Crippen LogP) is 3.04. The number of aryl methyl sites for hydroxylation is 1. The molecule has 6 heteroatoms. The van der Waals surface area contributed by atoms with Crippen molar-refractivity contribution in [3.63, 3.8) is 0 Å². The minimum Gasteiger partial charge on any atom is -0.444 e. The van der Waals surface area contributed by atoms with E-state index in [-0.39, 0.29) is 17.4 Å². The van der Waals surface area contributed by atoms with E-state index in [1.807, 2.05) is 6.92 Å². The summed E-state index contributed by atoms with van der Waals surface area (Å²) in [5.41, 5.74) is 0. The Balaban J connectivity index is 2.02. The first-order valence-electron chi connectivity index (χ1n) is 5.17. The molecule has 0 aromatic carbocycles. The Morgan fingerprint density at radius 3 is 2.88 bits per heavy atom. The molecule has 2 aromatic heterocycles. The fraction of sp³-hybridized carbons (Fsp3) is 0.273. The van der Waals surface area contributed by atoms with Gasteiger partial charge in [-0.3, -0.25) is 0 Å². The molecule has 4 nitrogen and oxygen atoms in total. The van der Waals surface area contributed by atoms with Crippen LogP contribution in [0.3, 0.4) is 0 Å². The van der Waals surface area contributed by atoms with E-state index in [4.69, 9.17) is 16.0 Å². The van der Waals surface area contributed by atoms with Gasteiger partial charge in [-0.2, -0.15) is 0 Å². The number of aromatic nitrogens is 2. The maximum absolute atomic E-state index is 13.4. The molecule has 0 fully saturated rings. The van der Waals surface area contributed by atoms with Gasteiger partial charge in [-0.25, -0.2) is 14.4 Å². The third kappa shape index (κ3) is 2.94. The third-order valence-electron chi connectivity index (χ3n) is 2.16. The zero-order valence-corrected chi connectivity index (χ0v) is 9.96. The number of anilines is 1. The van der Waals surface area contributed by atoms with Crippen LogP contribution in [0.15, 0.2) is 22.9 Å². The molecule has 0 aliphatic rings. The Morgan fingerprint density at radius 2 is 2.24 bits per heavy atom. The largest absolute Gasteiger partial charge is 0.444 e. The van der Waals surface area contributed by atoms with Crippen molar-refractivity contribution >= 4 is 17.4 Å². The lowest BCUT2D eigenvalue weighted by molar-refractivity contribution is 0.465. The van der Waals surface area contributed by atoms with Crippen molar-refractivity contribution in [2.75, 3.05) is 5.32 Å². The second-order valence-electron chi connectivity index (χ2n) is 3.41. The monoisotopic (exact) mass is 255 g/mol. The van der Waals surface area contributed by atoms with Crippen molar-refractivity contribution in [1.29, 1.82) is 0 Å². The van der Waals surface area contributed by atoms with Crippen LogP contribution in [0.5, 0.6) is 0 Å². The minimum absolute atomic E-state index is 0.130. The molecule has 1 N–H and O–H groups in total. The number of pyridine rings is 1. The Morgan fingerprint density at radius 1 is 1.41 bits per heavy atom. The van der Waals surface area contributed by atoms with E-state index in [9.17, 15) is 4.39 Å². The first-order valence-corrected chi connectivity index (χ1v) is 5.55. The molecule has 0 saturated heterocycles. The number of rotatable bonds is 4. The van der Waals surface area contributed by atoms with Crippen molar-refractivity contribution in [3.05, 3.63) is 41.0 Å². The highest BCUT2D eigenvalue weighted by molar-refractivity contribution is 6.30. The highest BCUT2D eigenvalue weighted by Crippen LogP contribution is 2.16. The van der Waals surface area contributed by atoms with Crippen LogP contribution in [0.1, 0.15) is 18.6 Å². The van der Waals surface area contributed by atoms with Gasteiger partial charge in [-0.05, 0) is 6.07 Å². The minimum atomic E-state index is -0.500. The van der Waals surface area contributed by atoms with Gasteiger partial charge in [0.1, 0.15) is 5.76 Å². The topological polar surface area (TPSA) is 51.0 Å². The van der Waals surface area contributed by atoms with E-state index < -0.39 is 5.82 Å². The Kier molecular flexibility index (Phi) is 3.58. The summed E-state index contributed by atoms with van der Waals surface area (Å²) in [4.78, 5) is 7.88. The average Bonchev–Trinajstić information content (AvgIpc) is 2.76. The van der Waals surface area contributed by atoms with Crippen LogP contribution in [0.4, 0.5) is 10.2 Å². The maximum Gasteiger partial charge on any atom is 0.213 e. The first-order chi connectivity index (χ1) is 8.19. The lowest BCUT2D eigenvalue weighted by atomic mass is 10.4. The second-order valence-corrected chi connectivity index (χ2v) is 3.85. The molecule has 90 valence electrons. The molecule has 0 saturated carbocycles. The summed E-state index contributed by atoms with van der Waals surface area (Å²) in [7, 11) is 0. The van der Waals surface area contributed by atoms with Crippen molar-refractivity contribution in [2.24, 2.45) is 0 Å². The predicted molar refractivity (Wildman–Crippen MR) is 62.4 cm³/mol. The fourth-order valence-electron chi connectivity index (χ4n) is 1.30. The highest BCUT2D eigenvalue weighted by atomic mass is 35.5. The first kappa shape index (κ1) is 11.9. The van der Waals surface area contributed by atoms with Crippen molar-refractivity contribution in [1.82, 2.24) is 9.97 Å². The second kappa shape index (κ2) is 5.14. The van der Waals surface area contributed by atoms with Crippen molar-refractivity contribution in [2.45, 2.75) is 19.9 Å². The normalized spacial score (nSPS) is 10.5. The molecule has 0 aliphatic carbocycles. The zero-order chi connectivity index (χ0) is 12.3.